The lowest BCUT2D eigenvalue weighted by molar-refractivity contribution is -0.232. The first-order valence-corrected chi connectivity index (χ1v) is 13.5. The van der Waals surface area contributed by atoms with Crippen LogP contribution in [0.15, 0.2) is 12.2 Å². The summed E-state index contributed by atoms with van der Waals surface area (Å²) in [4.78, 5) is 12.9. The number of allylic oxidation sites excluding steroid dienone is 1. The van der Waals surface area contributed by atoms with Gasteiger partial charge in [0.25, 0.3) is 0 Å². The van der Waals surface area contributed by atoms with Crippen molar-refractivity contribution in [2.45, 2.75) is 113 Å². The molecule has 0 saturated heterocycles. The molecule has 0 aromatic carbocycles. The fourth-order valence-electron chi connectivity index (χ4n) is 11.3. The minimum absolute atomic E-state index is 0.131. The fourth-order valence-corrected chi connectivity index (χ4v) is 11.3. The van der Waals surface area contributed by atoms with Crippen LogP contribution in [-0.4, -0.2) is 5.78 Å². The van der Waals surface area contributed by atoms with E-state index >= 15 is 0 Å². The molecule has 0 N–H and O–H groups in total. The predicted molar refractivity (Wildman–Crippen MR) is 130 cm³/mol. The molecular weight excluding hydrogens is 376 g/mol. The van der Waals surface area contributed by atoms with E-state index < -0.39 is 0 Å². The average Bonchev–Trinajstić information content (AvgIpc) is 3.04. The van der Waals surface area contributed by atoms with Crippen LogP contribution in [0.5, 0.6) is 0 Å². The molecule has 174 valence electrons. The van der Waals surface area contributed by atoms with E-state index in [1.165, 1.54) is 56.9 Å². The Morgan fingerprint density at radius 3 is 2.19 bits per heavy atom. The van der Waals surface area contributed by atoms with Crippen LogP contribution in [0.2, 0.25) is 0 Å². The van der Waals surface area contributed by atoms with Crippen molar-refractivity contribution in [1.29, 1.82) is 0 Å². The zero-order chi connectivity index (χ0) is 22.6. The summed E-state index contributed by atoms with van der Waals surface area (Å²) in [6.45, 7) is 22.0. The quantitative estimate of drug-likeness (QED) is 0.387. The number of carbonyl (C=O) groups is 1. The second kappa shape index (κ2) is 6.50. The van der Waals surface area contributed by atoms with Gasteiger partial charge in [0, 0.05) is 11.8 Å². The second-order valence-corrected chi connectivity index (χ2v) is 14.5. The van der Waals surface area contributed by atoms with E-state index in [1.54, 1.807) is 0 Å². The molecular formula is C30H48O. The molecule has 5 aliphatic carbocycles. The molecule has 1 nitrogen and oxygen atoms in total. The highest BCUT2D eigenvalue weighted by Crippen LogP contribution is 2.77. The summed E-state index contributed by atoms with van der Waals surface area (Å²) in [5.74, 6) is 4.33. The van der Waals surface area contributed by atoms with Crippen LogP contribution in [0.4, 0.5) is 0 Å². The zero-order valence-corrected chi connectivity index (χ0v) is 21.6. The number of Topliss-reactive ketones (excluding diaryl/α,β-unsaturated/α-hetero) is 1. The molecule has 5 fully saturated rings. The highest BCUT2D eigenvalue weighted by atomic mass is 16.1. The van der Waals surface area contributed by atoms with E-state index in [4.69, 9.17) is 0 Å². The number of rotatable bonds is 1. The standard InChI is InChI=1S/C30H48O/c1-19(2)20-11-14-27(5)17-18-29(7)21(25(20)27)9-10-23-28(6)15-13-24(31)26(3,4)22(28)12-16-30(23,29)8/h20-23,25H,1,9-18H2,2-8H3/t20?,21?,22-,23?,25+,27?,28?,29+,30?/m0/s1. The van der Waals surface area contributed by atoms with Crippen molar-refractivity contribution in [1.82, 2.24) is 0 Å². The van der Waals surface area contributed by atoms with Gasteiger partial charge in [0.2, 0.25) is 0 Å². The van der Waals surface area contributed by atoms with Gasteiger partial charge in [-0.15, -0.1) is 0 Å². The largest absolute Gasteiger partial charge is 0.299 e. The van der Waals surface area contributed by atoms with E-state index in [9.17, 15) is 4.79 Å². The molecule has 5 aliphatic rings. The molecule has 9 atom stereocenters. The van der Waals surface area contributed by atoms with Crippen LogP contribution in [0, 0.1) is 56.7 Å². The fraction of sp³-hybridized carbons (Fsp3) is 0.900. The molecule has 1 heteroatoms. The summed E-state index contributed by atoms with van der Waals surface area (Å²) in [5, 5.41) is 0. The van der Waals surface area contributed by atoms with Crippen LogP contribution in [0.1, 0.15) is 113 Å². The molecule has 6 unspecified atom stereocenters. The van der Waals surface area contributed by atoms with Gasteiger partial charge in [0.1, 0.15) is 5.78 Å². The van der Waals surface area contributed by atoms with E-state index in [2.05, 4.69) is 55.0 Å². The van der Waals surface area contributed by atoms with Crippen molar-refractivity contribution >= 4 is 5.78 Å². The van der Waals surface area contributed by atoms with Crippen LogP contribution in [-0.2, 0) is 4.79 Å². The van der Waals surface area contributed by atoms with Crippen LogP contribution >= 0.6 is 0 Å². The lowest BCUT2D eigenvalue weighted by atomic mass is 9.32. The van der Waals surface area contributed by atoms with E-state index in [0.717, 1.165) is 36.5 Å². The Morgan fingerprint density at radius 1 is 0.806 bits per heavy atom. The third-order valence-electron chi connectivity index (χ3n) is 13.2. The highest BCUT2D eigenvalue weighted by molar-refractivity contribution is 5.85. The lowest BCUT2D eigenvalue weighted by Gasteiger charge is -2.72. The van der Waals surface area contributed by atoms with Gasteiger partial charge in [-0.05, 0) is 116 Å². The Hall–Kier alpha value is -0.590. The van der Waals surface area contributed by atoms with Crippen LogP contribution in [0.25, 0.3) is 0 Å². The lowest BCUT2D eigenvalue weighted by Crippen LogP contribution is -2.66. The topological polar surface area (TPSA) is 17.1 Å². The van der Waals surface area contributed by atoms with Crippen molar-refractivity contribution in [3.8, 4) is 0 Å². The number of fused-ring (bicyclic) bond motifs is 7. The highest BCUT2D eigenvalue weighted by Gasteiger charge is 2.70. The molecule has 0 heterocycles. The predicted octanol–water partition coefficient (Wildman–Crippen LogP) is 8.23. The van der Waals surface area contributed by atoms with Crippen molar-refractivity contribution in [2.24, 2.45) is 56.7 Å². The number of hydrogen-bond acceptors (Lipinski definition) is 1. The maximum Gasteiger partial charge on any atom is 0.138 e. The minimum Gasteiger partial charge on any atom is -0.299 e. The number of ketones is 1. The van der Waals surface area contributed by atoms with Gasteiger partial charge >= 0.3 is 0 Å². The van der Waals surface area contributed by atoms with Gasteiger partial charge in [-0.25, -0.2) is 0 Å². The molecule has 5 rings (SSSR count). The zero-order valence-electron chi connectivity index (χ0n) is 21.6. The maximum atomic E-state index is 12.9. The molecule has 31 heavy (non-hydrogen) atoms. The van der Waals surface area contributed by atoms with Gasteiger partial charge in [-0.3, -0.25) is 4.79 Å². The SMILES string of the molecule is C=C(C)C1CCC2(C)CC[C@]3(C)C(CCC4C5(C)CCC(=O)C(C)(C)[C@@H]5CCC43C)[C@@H]12. The molecule has 0 aliphatic heterocycles. The Morgan fingerprint density at radius 2 is 1.52 bits per heavy atom. The second-order valence-electron chi connectivity index (χ2n) is 14.5. The van der Waals surface area contributed by atoms with E-state index in [1.807, 2.05) is 0 Å². The van der Waals surface area contributed by atoms with Gasteiger partial charge < -0.3 is 0 Å². The monoisotopic (exact) mass is 424 g/mol. The Kier molecular flexibility index (Phi) is 4.66. The van der Waals surface area contributed by atoms with Gasteiger partial charge in [0.15, 0.2) is 0 Å². The smallest absolute Gasteiger partial charge is 0.138 e. The summed E-state index contributed by atoms with van der Waals surface area (Å²) in [5.41, 5.74) is 3.06. The summed E-state index contributed by atoms with van der Waals surface area (Å²) < 4.78 is 0. The Labute approximate surface area is 192 Å². The van der Waals surface area contributed by atoms with Crippen molar-refractivity contribution < 1.29 is 4.79 Å². The van der Waals surface area contributed by atoms with Crippen molar-refractivity contribution in [2.75, 3.05) is 0 Å². The molecule has 0 bridgehead atoms. The molecule has 0 aromatic rings. The van der Waals surface area contributed by atoms with E-state index in [-0.39, 0.29) is 5.41 Å². The summed E-state index contributed by atoms with van der Waals surface area (Å²) in [6, 6.07) is 0. The Bertz CT molecular complexity index is 807. The average molecular weight is 425 g/mol. The number of carbonyl (C=O) groups excluding carboxylic acids is 1. The van der Waals surface area contributed by atoms with Gasteiger partial charge in [-0.2, -0.15) is 0 Å². The van der Waals surface area contributed by atoms with E-state index in [0.29, 0.717) is 33.4 Å². The molecule has 0 radical (unpaired) electrons. The van der Waals surface area contributed by atoms with Crippen molar-refractivity contribution in [3.63, 3.8) is 0 Å². The molecule has 5 saturated carbocycles. The van der Waals surface area contributed by atoms with Crippen LogP contribution in [0.3, 0.4) is 0 Å². The maximum absolute atomic E-state index is 12.9. The minimum atomic E-state index is -0.131. The Balaban J connectivity index is 1.55. The summed E-state index contributed by atoms with van der Waals surface area (Å²) >= 11 is 0. The van der Waals surface area contributed by atoms with Crippen LogP contribution < -0.4 is 0 Å². The molecule has 0 spiro atoms. The molecule has 0 amide bonds. The first-order valence-electron chi connectivity index (χ1n) is 13.5. The summed E-state index contributed by atoms with van der Waals surface area (Å²) in [7, 11) is 0. The normalized spacial score (nSPS) is 55.6. The van der Waals surface area contributed by atoms with Crippen molar-refractivity contribution in [3.05, 3.63) is 12.2 Å². The first-order chi connectivity index (χ1) is 14.3. The van der Waals surface area contributed by atoms with Gasteiger partial charge in [0.05, 0.1) is 0 Å². The first kappa shape index (κ1) is 22.2. The summed E-state index contributed by atoms with van der Waals surface area (Å²) in [6.07, 6.45) is 13.0. The van der Waals surface area contributed by atoms with Gasteiger partial charge in [-0.1, -0.05) is 53.7 Å². The third-order valence-corrected chi connectivity index (χ3v) is 13.2. The third kappa shape index (κ3) is 2.59. The molecule has 0 aromatic heterocycles. The number of hydrogen-bond donors (Lipinski definition) is 0.